The normalized spacial score (nSPS) is 13.8. The van der Waals surface area contributed by atoms with Crippen LogP contribution in [0.4, 0.5) is 0 Å². The van der Waals surface area contributed by atoms with Gasteiger partial charge in [0, 0.05) is 5.02 Å². The van der Waals surface area contributed by atoms with Crippen molar-refractivity contribution in [3.63, 3.8) is 0 Å². The lowest BCUT2D eigenvalue weighted by molar-refractivity contribution is 0.215. The van der Waals surface area contributed by atoms with E-state index < -0.39 is 0 Å². The number of aryl methyl sites for hydroxylation is 1. The number of hydrogen-bond acceptors (Lipinski definition) is 3. The summed E-state index contributed by atoms with van der Waals surface area (Å²) in [4.78, 5) is 4.70. The Balaban J connectivity index is 2.07. The molecule has 0 fully saturated rings. The van der Waals surface area contributed by atoms with Gasteiger partial charge in [-0.25, -0.2) is 4.98 Å². The number of benzene rings is 1. The summed E-state index contributed by atoms with van der Waals surface area (Å²) < 4.78 is 1.18. The third-order valence-corrected chi connectivity index (χ3v) is 5.15. The molecule has 1 atom stereocenters. The fourth-order valence-corrected chi connectivity index (χ4v) is 3.82. The largest absolute Gasteiger partial charge is 0.330 e. The van der Waals surface area contributed by atoms with Crippen molar-refractivity contribution in [3.05, 3.63) is 28.2 Å². The Morgan fingerprint density at radius 2 is 2.05 bits per heavy atom. The summed E-state index contributed by atoms with van der Waals surface area (Å²) in [6, 6.07) is 5.90. The monoisotopic (exact) mass is 310 g/mol. The molecule has 2 nitrogen and oxygen atoms in total. The lowest BCUT2D eigenvalue weighted by Gasteiger charge is -2.30. The molecule has 1 aromatic heterocycles. The Hall–Kier alpha value is -0.640. The van der Waals surface area contributed by atoms with Gasteiger partial charge in [0.2, 0.25) is 0 Å². The summed E-state index contributed by atoms with van der Waals surface area (Å²) >= 11 is 7.78. The van der Waals surface area contributed by atoms with Gasteiger partial charge in [-0.15, -0.1) is 11.3 Å². The van der Waals surface area contributed by atoms with E-state index in [0.29, 0.717) is 11.3 Å². The van der Waals surface area contributed by atoms with E-state index in [1.807, 2.05) is 18.2 Å². The molecule has 0 bridgehead atoms. The Bertz CT molecular complexity index is 571. The second-order valence-corrected chi connectivity index (χ2v) is 7.95. The van der Waals surface area contributed by atoms with Crippen molar-refractivity contribution in [2.45, 2.75) is 40.0 Å². The third-order valence-electron chi connectivity index (χ3n) is 3.84. The molecule has 20 heavy (non-hydrogen) atoms. The number of nitrogens with two attached hydrogens (primary N) is 1. The van der Waals surface area contributed by atoms with Crippen LogP contribution in [0, 0.1) is 11.3 Å². The zero-order valence-electron chi connectivity index (χ0n) is 12.4. The summed E-state index contributed by atoms with van der Waals surface area (Å²) in [6.45, 7) is 7.65. The summed E-state index contributed by atoms with van der Waals surface area (Å²) in [5.41, 5.74) is 7.11. The van der Waals surface area contributed by atoms with Crippen LogP contribution in [0.2, 0.25) is 5.02 Å². The average molecular weight is 311 g/mol. The van der Waals surface area contributed by atoms with E-state index in [4.69, 9.17) is 22.3 Å². The van der Waals surface area contributed by atoms with Crippen molar-refractivity contribution in [2.24, 2.45) is 17.1 Å². The van der Waals surface area contributed by atoms with E-state index in [1.54, 1.807) is 11.3 Å². The van der Waals surface area contributed by atoms with Gasteiger partial charge in [-0.2, -0.15) is 0 Å². The predicted molar refractivity (Wildman–Crippen MR) is 89.6 cm³/mol. The highest BCUT2D eigenvalue weighted by Crippen LogP contribution is 2.33. The van der Waals surface area contributed by atoms with Crippen LogP contribution in [0.1, 0.15) is 38.6 Å². The van der Waals surface area contributed by atoms with Gasteiger partial charge in [0.05, 0.1) is 15.2 Å². The number of hydrogen-bond donors (Lipinski definition) is 1. The number of thiazole rings is 1. The molecule has 0 radical (unpaired) electrons. The number of nitrogens with zero attached hydrogens (tertiary/aromatic N) is 1. The van der Waals surface area contributed by atoms with Crippen LogP contribution in [0.5, 0.6) is 0 Å². The minimum atomic E-state index is 0.305. The minimum Gasteiger partial charge on any atom is -0.330 e. The molecule has 2 aromatic rings. The quantitative estimate of drug-likeness (QED) is 0.853. The van der Waals surface area contributed by atoms with Gasteiger partial charge in [0.25, 0.3) is 0 Å². The van der Waals surface area contributed by atoms with E-state index in [9.17, 15) is 0 Å². The molecule has 110 valence electrons. The molecular weight excluding hydrogens is 288 g/mol. The lowest BCUT2D eigenvalue weighted by atomic mass is 9.76. The Morgan fingerprint density at radius 1 is 1.30 bits per heavy atom. The van der Waals surface area contributed by atoms with Gasteiger partial charge in [0.15, 0.2) is 0 Å². The number of halogens is 1. The first-order valence-electron chi connectivity index (χ1n) is 7.15. The standard InChI is InChI=1S/C16H23ClN2S/c1-16(2,3)11(8-9-18)4-7-15-19-13-6-5-12(17)10-14(13)20-15/h5-6,10-11H,4,7-9,18H2,1-3H3. The third kappa shape index (κ3) is 3.94. The first-order valence-corrected chi connectivity index (χ1v) is 8.34. The molecular formula is C16H23ClN2S. The van der Waals surface area contributed by atoms with Crippen LogP contribution >= 0.6 is 22.9 Å². The summed E-state index contributed by atoms with van der Waals surface area (Å²) in [7, 11) is 0. The van der Waals surface area contributed by atoms with E-state index in [2.05, 4.69) is 20.8 Å². The zero-order chi connectivity index (χ0) is 14.8. The van der Waals surface area contributed by atoms with Crippen LogP contribution in [0.25, 0.3) is 10.2 Å². The fraction of sp³-hybridized carbons (Fsp3) is 0.562. The second kappa shape index (κ2) is 6.42. The molecule has 0 aliphatic heterocycles. The molecule has 1 heterocycles. The fourth-order valence-electron chi connectivity index (χ4n) is 2.56. The van der Waals surface area contributed by atoms with Crippen molar-refractivity contribution in [1.82, 2.24) is 4.98 Å². The van der Waals surface area contributed by atoms with Crippen molar-refractivity contribution >= 4 is 33.2 Å². The topological polar surface area (TPSA) is 38.9 Å². The maximum Gasteiger partial charge on any atom is 0.0938 e. The van der Waals surface area contributed by atoms with Crippen LogP contribution in [0.3, 0.4) is 0 Å². The van der Waals surface area contributed by atoms with Gasteiger partial charge >= 0.3 is 0 Å². The van der Waals surface area contributed by atoms with E-state index in [-0.39, 0.29) is 0 Å². The Morgan fingerprint density at radius 3 is 2.70 bits per heavy atom. The van der Waals surface area contributed by atoms with Crippen LogP contribution in [0.15, 0.2) is 18.2 Å². The van der Waals surface area contributed by atoms with Gasteiger partial charge in [-0.3, -0.25) is 0 Å². The molecule has 0 spiro atoms. The van der Waals surface area contributed by atoms with Crippen molar-refractivity contribution in [2.75, 3.05) is 6.54 Å². The predicted octanol–water partition coefficient (Wildman–Crippen LogP) is 4.89. The first-order chi connectivity index (χ1) is 9.40. The molecule has 0 saturated carbocycles. The first kappa shape index (κ1) is 15.7. The maximum absolute atomic E-state index is 6.02. The highest BCUT2D eigenvalue weighted by molar-refractivity contribution is 7.18. The number of aromatic nitrogens is 1. The lowest BCUT2D eigenvalue weighted by Crippen LogP contribution is -2.24. The zero-order valence-corrected chi connectivity index (χ0v) is 14.0. The van der Waals surface area contributed by atoms with Crippen LogP contribution in [-0.4, -0.2) is 11.5 Å². The molecule has 2 N–H and O–H groups in total. The highest BCUT2D eigenvalue weighted by atomic mass is 35.5. The number of rotatable bonds is 5. The van der Waals surface area contributed by atoms with Gasteiger partial charge in [-0.05, 0) is 55.3 Å². The van der Waals surface area contributed by atoms with Crippen molar-refractivity contribution in [1.29, 1.82) is 0 Å². The molecule has 0 saturated heterocycles. The molecule has 0 aliphatic carbocycles. The summed E-state index contributed by atoms with van der Waals surface area (Å²) in [5.74, 6) is 0.642. The Labute approximate surface area is 130 Å². The molecule has 4 heteroatoms. The maximum atomic E-state index is 6.02. The minimum absolute atomic E-state index is 0.305. The molecule has 1 aromatic carbocycles. The van der Waals surface area contributed by atoms with Crippen LogP contribution in [-0.2, 0) is 6.42 Å². The highest BCUT2D eigenvalue weighted by Gasteiger charge is 2.23. The van der Waals surface area contributed by atoms with Gasteiger partial charge < -0.3 is 5.73 Å². The second-order valence-electron chi connectivity index (χ2n) is 6.40. The Kier molecular flexibility index (Phi) is 5.05. The summed E-state index contributed by atoms with van der Waals surface area (Å²) in [5, 5.41) is 1.98. The summed E-state index contributed by atoms with van der Waals surface area (Å²) in [6.07, 6.45) is 3.26. The van der Waals surface area contributed by atoms with Crippen molar-refractivity contribution < 1.29 is 0 Å². The molecule has 0 amide bonds. The van der Waals surface area contributed by atoms with E-state index >= 15 is 0 Å². The smallest absolute Gasteiger partial charge is 0.0938 e. The van der Waals surface area contributed by atoms with Crippen LogP contribution < -0.4 is 5.73 Å². The average Bonchev–Trinajstić information content (AvgIpc) is 2.74. The molecule has 1 unspecified atom stereocenters. The van der Waals surface area contributed by atoms with E-state index in [0.717, 1.165) is 36.3 Å². The molecule has 2 rings (SSSR count). The van der Waals surface area contributed by atoms with Crippen molar-refractivity contribution in [3.8, 4) is 0 Å². The molecule has 0 aliphatic rings. The number of fused-ring (bicyclic) bond motifs is 1. The SMILES string of the molecule is CC(C)(C)C(CCN)CCc1nc2ccc(Cl)cc2s1. The van der Waals surface area contributed by atoms with Gasteiger partial charge in [-0.1, -0.05) is 32.4 Å². The van der Waals surface area contributed by atoms with E-state index in [1.165, 1.54) is 9.71 Å². The van der Waals surface area contributed by atoms with Gasteiger partial charge in [0.1, 0.15) is 0 Å².